The van der Waals surface area contributed by atoms with Gasteiger partial charge in [0.25, 0.3) is 5.91 Å². The van der Waals surface area contributed by atoms with Crippen LogP contribution in [0.25, 0.3) is 0 Å². The van der Waals surface area contributed by atoms with E-state index in [2.05, 4.69) is 5.32 Å². The average Bonchev–Trinajstić information content (AvgIpc) is 3.03. The minimum absolute atomic E-state index is 0.137. The molecule has 0 bridgehead atoms. The Balaban J connectivity index is 1.62. The fraction of sp³-hybridized carbons (Fsp3) is 0.350. The number of likely N-dealkylation sites (tertiary alicyclic amines) is 1. The number of carbonyl (C=O) groups excluding carboxylic acids is 1. The Kier molecular flexibility index (Phi) is 6.09. The molecule has 0 unspecified atom stereocenters. The molecule has 0 spiro atoms. The van der Waals surface area contributed by atoms with Crippen molar-refractivity contribution in [1.29, 1.82) is 0 Å². The van der Waals surface area contributed by atoms with Gasteiger partial charge in [0.1, 0.15) is 30.3 Å². The summed E-state index contributed by atoms with van der Waals surface area (Å²) in [5.74, 6) is 1.20. The lowest BCUT2D eigenvalue weighted by Crippen LogP contribution is -2.31. The van der Waals surface area contributed by atoms with E-state index in [0.29, 0.717) is 30.2 Å². The molecule has 0 radical (unpaired) electrons. The van der Waals surface area contributed by atoms with Gasteiger partial charge in [-0.1, -0.05) is 24.3 Å². The minimum Gasteiger partial charge on any atom is -0.492 e. The number of benzene rings is 2. The van der Waals surface area contributed by atoms with Gasteiger partial charge in [0.2, 0.25) is 0 Å². The molecule has 6 heteroatoms. The summed E-state index contributed by atoms with van der Waals surface area (Å²) in [4.78, 5) is 14.4. The molecule has 1 fully saturated rings. The summed E-state index contributed by atoms with van der Waals surface area (Å²) in [7, 11) is 1.86. The third-order valence-electron chi connectivity index (χ3n) is 4.26. The van der Waals surface area contributed by atoms with Crippen molar-refractivity contribution in [1.82, 2.24) is 10.2 Å². The van der Waals surface area contributed by atoms with Gasteiger partial charge >= 0.3 is 0 Å². The summed E-state index contributed by atoms with van der Waals surface area (Å²) in [5.41, 5.74) is 0.541. The summed E-state index contributed by atoms with van der Waals surface area (Å²) >= 11 is 0. The van der Waals surface area contributed by atoms with Gasteiger partial charge in [0, 0.05) is 12.1 Å². The lowest BCUT2D eigenvalue weighted by Gasteiger charge is -2.17. The first kappa shape index (κ1) is 18.2. The van der Waals surface area contributed by atoms with Crippen molar-refractivity contribution in [3.05, 3.63) is 60.2 Å². The van der Waals surface area contributed by atoms with E-state index in [1.165, 1.54) is 0 Å². The van der Waals surface area contributed by atoms with Gasteiger partial charge in [-0.3, -0.25) is 4.79 Å². The molecular formula is C20H24N2O4. The summed E-state index contributed by atoms with van der Waals surface area (Å²) in [6.45, 7) is 1.86. The molecule has 2 aromatic rings. The third-order valence-corrected chi connectivity index (χ3v) is 4.26. The summed E-state index contributed by atoms with van der Waals surface area (Å²) in [5, 5.41) is 13.3. The summed E-state index contributed by atoms with van der Waals surface area (Å²) in [6.07, 6.45) is -1.15. The Hall–Kier alpha value is -2.57. The standard InChI is InChI=1S/C20H24N2O4/c1-21-10-11-25-17-9-5-6-15(12-17)20(24)22-13-18(23)19(14-22)26-16-7-3-2-4-8-16/h2-9,12,18-19,21,23H,10-11,13-14H2,1H3/t18-,19-/m1/s1. The van der Waals surface area contributed by atoms with E-state index in [1.807, 2.05) is 43.4 Å². The zero-order valence-corrected chi connectivity index (χ0v) is 14.8. The van der Waals surface area contributed by atoms with Crippen LogP contribution in [0.4, 0.5) is 0 Å². The highest BCUT2D eigenvalue weighted by Crippen LogP contribution is 2.21. The number of carbonyl (C=O) groups is 1. The highest BCUT2D eigenvalue weighted by molar-refractivity contribution is 5.94. The SMILES string of the molecule is CNCCOc1cccc(C(=O)N2C[C@@H](O)[C@H](Oc3ccccc3)C2)c1. The average molecular weight is 356 g/mol. The Morgan fingerprint density at radius 3 is 2.69 bits per heavy atom. The number of nitrogens with zero attached hydrogens (tertiary/aromatic N) is 1. The Morgan fingerprint density at radius 1 is 1.15 bits per heavy atom. The van der Waals surface area contributed by atoms with Crippen molar-refractivity contribution >= 4 is 5.91 Å². The number of rotatable bonds is 7. The number of aliphatic hydroxyl groups is 1. The Bertz CT molecular complexity index is 723. The number of ether oxygens (including phenoxy) is 2. The molecule has 0 aromatic heterocycles. The van der Waals surface area contributed by atoms with Crippen molar-refractivity contribution in [2.24, 2.45) is 0 Å². The number of β-amino-alcohol motifs (C(OH)–C–C–N with tert-alkyl or cyclic N) is 1. The molecule has 2 atom stereocenters. The monoisotopic (exact) mass is 356 g/mol. The highest BCUT2D eigenvalue weighted by Gasteiger charge is 2.36. The lowest BCUT2D eigenvalue weighted by molar-refractivity contribution is 0.0729. The molecule has 2 N–H and O–H groups in total. The maximum atomic E-state index is 12.8. The number of likely N-dealkylation sites (N-methyl/N-ethyl adjacent to an activating group) is 1. The van der Waals surface area contributed by atoms with E-state index >= 15 is 0 Å². The summed E-state index contributed by atoms with van der Waals surface area (Å²) in [6, 6.07) is 16.4. The van der Waals surface area contributed by atoms with Crippen LogP contribution in [0, 0.1) is 0 Å². The van der Waals surface area contributed by atoms with E-state index in [1.54, 1.807) is 23.1 Å². The second-order valence-corrected chi connectivity index (χ2v) is 6.23. The fourth-order valence-corrected chi connectivity index (χ4v) is 2.88. The number of aliphatic hydroxyl groups excluding tert-OH is 1. The van der Waals surface area contributed by atoms with Crippen LogP contribution in [0.3, 0.4) is 0 Å². The molecule has 2 aromatic carbocycles. The van der Waals surface area contributed by atoms with Gasteiger partial charge in [-0.15, -0.1) is 0 Å². The van der Waals surface area contributed by atoms with Gasteiger partial charge in [-0.2, -0.15) is 0 Å². The first-order valence-corrected chi connectivity index (χ1v) is 8.74. The van der Waals surface area contributed by atoms with Crippen LogP contribution >= 0.6 is 0 Å². The number of hydrogen-bond acceptors (Lipinski definition) is 5. The number of nitrogens with one attached hydrogen (secondary N) is 1. The molecule has 6 nitrogen and oxygen atoms in total. The second kappa shape index (κ2) is 8.69. The number of amides is 1. The molecule has 0 aliphatic carbocycles. The van der Waals surface area contributed by atoms with Gasteiger partial charge in [-0.25, -0.2) is 0 Å². The van der Waals surface area contributed by atoms with E-state index in [-0.39, 0.29) is 12.5 Å². The molecule has 1 aliphatic rings. The largest absolute Gasteiger partial charge is 0.492 e. The van der Waals surface area contributed by atoms with Crippen LogP contribution in [-0.2, 0) is 0 Å². The molecule has 3 rings (SSSR count). The van der Waals surface area contributed by atoms with Crippen LogP contribution in [0.15, 0.2) is 54.6 Å². The van der Waals surface area contributed by atoms with Crippen LogP contribution in [-0.4, -0.2) is 61.4 Å². The second-order valence-electron chi connectivity index (χ2n) is 6.23. The van der Waals surface area contributed by atoms with Crippen LogP contribution in [0.2, 0.25) is 0 Å². The van der Waals surface area contributed by atoms with Crippen LogP contribution < -0.4 is 14.8 Å². The minimum atomic E-state index is -0.714. The van der Waals surface area contributed by atoms with Gasteiger partial charge in [0.05, 0.1) is 13.1 Å². The van der Waals surface area contributed by atoms with E-state index in [9.17, 15) is 9.90 Å². The van der Waals surface area contributed by atoms with Crippen LogP contribution in [0.1, 0.15) is 10.4 Å². The first-order chi connectivity index (χ1) is 12.7. The van der Waals surface area contributed by atoms with E-state index < -0.39 is 12.2 Å². The predicted molar refractivity (Wildman–Crippen MR) is 98.6 cm³/mol. The van der Waals surface area contributed by atoms with E-state index in [0.717, 1.165) is 6.54 Å². The maximum absolute atomic E-state index is 12.8. The van der Waals surface area contributed by atoms with Gasteiger partial charge in [-0.05, 0) is 37.4 Å². The molecule has 1 heterocycles. The van der Waals surface area contributed by atoms with Crippen molar-refractivity contribution in [2.75, 3.05) is 33.3 Å². The zero-order chi connectivity index (χ0) is 18.4. The van der Waals surface area contributed by atoms with Crippen molar-refractivity contribution in [2.45, 2.75) is 12.2 Å². The molecule has 1 saturated heterocycles. The van der Waals surface area contributed by atoms with Crippen molar-refractivity contribution in [3.8, 4) is 11.5 Å². The zero-order valence-electron chi connectivity index (χ0n) is 14.8. The predicted octanol–water partition coefficient (Wildman–Crippen LogP) is 1.55. The Morgan fingerprint density at radius 2 is 1.92 bits per heavy atom. The van der Waals surface area contributed by atoms with Crippen LogP contribution in [0.5, 0.6) is 11.5 Å². The molecular weight excluding hydrogens is 332 g/mol. The van der Waals surface area contributed by atoms with Crippen molar-refractivity contribution < 1.29 is 19.4 Å². The number of para-hydroxylation sites is 1. The topological polar surface area (TPSA) is 71.0 Å². The van der Waals surface area contributed by atoms with E-state index in [4.69, 9.17) is 9.47 Å². The molecule has 0 saturated carbocycles. The summed E-state index contributed by atoms with van der Waals surface area (Å²) < 4.78 is 11.4. The smallest absolute Gasteiger partial charge is 0.254 e. The molecule has 1 aliphatic heterocycles. The Labute approximate surface area is 153 Å². The normalized spacial score (nSPS) is 19.4. The van der Waals surface area contributed by atoms with Crippen molar-refractivity contribution in [3.63, 3.8) is 0 Å². The maximum Gasteiger partial charge on any atom is 0.254 e. The first-order valence-electron chi connectivity index (χ1n) is 8.74. The van der Waals surface area contributed by atoms with Gasteiger partial charge < -0.3 is 24.8 Å². The lowest BCUT2D eigenvalue weighted by atomic mass is 10.2. The molecule has 1 amide bonds. The number of hydrogen-bond donors (Lipinski definition) is 2. The molecule has 138 valence electrons. The fourth-order valence-electron chi connectivity index (χ4n) is 2.88. The quantitative estimate of drug-likeness (QED) is 0.737. The third kappa shape index (κ3) is 4.53. The van der Waals surface area contributed by atoms with Gasteiger partial charge in [0.15, 0.2) is 0 Å². The highest BCUT2D eigenvalue weighted by atomic mass is 16.5. The molecule has 26 heavy (non-hydrogen) atoms.